The van der Waals surface area contributed by atoms with Crippen molar-refractivity contribution in [3.63, 3.8) is 0 Å². The molecule has 4 nitrogen and oxygen atoms in total. The molecule has 2 aromatic heterocycles. The summed E-state index contributed by atoms with van der Waals surface area (Å²) in [5.41, 5.74) is 5.81. The highest BCUT2D eigenvalue weighted by molar-refractivity contribution is 6.82. The Balaban J connectivity index is 1.77. The predicted octanol–water partition coefficient (Wildman–Crippen LogP) is 9.11. The number of aliphatic hydroxyl groups is 1. The van der Waals surface area contributed by atoms with E-state index in [4.69, 9.17) is 0 Å². The number of pyridine rings is 1. The second-order valence-electron chi connectivity index (χ2n) is 12.3. The van der Waals surface area contributed by atoms with Crippen LogP contribution < -0.4 is 0 Å². The molecule has 0 bridgehead atoms. The summed E-state index contributed by atoms with van der Waals surface area (Å²) in [5.74, 6) is -0.266. The molecule has 0 amide bonds. The van der Waals surface area contributed by atoms with Gasteiger partial charge in [-0.25, -0.2) is 4.39 Å². The summed E-state index contributed by atoms with van der Waals surface area (Å²) in [6.07, 6.45) is 13.5. The first-order valence-electron chi connectivity index (χ1n) is 14.9. The van der Waals surface area contributed by atoms with Crippen molar-refractivity contribution in [3.8, 4) is 22.4 Å². The zero-order valence-corrected chi connectivity index (χ0v) is 26.5. The summed E-state index contributed by atoms with van der Waals surface area (Å²) in [6, 6.07) is 21.1. The van der Waals surface area contributed by atoms with Gasteiger partial charge in [-0.3, -0.25) is 4.98 Å². The quantitative estimate of drug-likeness (QED) is 0.201. The molecule has 2 aromatic carbocycles. The number of rotatable bonds is 9. The predicted molar refractivity (Wildman–Crippen MR) is 174 cm³/mol. The summed E-state index contributed by atoms with van der Waals surface area (Å²) in [5, 5.41) is 12.4. The van der Waals surface area contributed by atoms with Gasteiger partial charge in [-0.05, 0) is 81.9 Å². The fraction of sp³-hybridized carbons (Fsp3) is 0.306. The van der Waals surface area contributed by atoms with Crippen molar-refractivity contribution in [2.75, 3.05) is 0 Å². The van der Waals surface area contributed by atoms with Crippen molar-refractivity contribution in [1.82, 2.24) is 14.1 Å². The molecule has 4 aromatic rings. The number of halogens is 1. The highest BCUT2D eigenvalue weighted by atomic mass is 28.3. The van der Waals surface area contributed by atoms with E-state index in [0.29, 0.717) is 23.2 Å². The summed E-state index contributed by atoms with van der Waals surface area (Å²) in [4.78, 5) is 6.38. The van der Waals surface area contributed by atoms with E-state index in [-0.39, 0.29) is 5.82 Å². The van der Waals surface area contributed by atoms with E-state index in [1.165, 1.54) is 17.7 Å². The third-order valence-electron chi connectivity index (χ3n) is 8.96. The van der Waals surface area contributed by atoms with E-state index in [2.05, 4.69) is 74.0 Å². The van der Waals surface area contributed by atoms with Crippen LogP contribution in [0.4, 0.5) is 4.39 Å². The topological polar surface area (TPSA) is 41.3 Å². The molecular formula is C36H42FN3OSi. The van der Waals surface area contributed by atoms with Crippen LogP contribution in [0.5, 0.6) is 0 Å². The average Bonchev–Trinajstić information content (AvgIpc) is 3.37. The van der Waals surface area contributed by atoms with Gasteiger partial charge in [-0.1, -0.05) is 71.9 Å². The first-order valence-corrected chi connectivity index (χ1v) is 17.1. The highest BCUT2D eigenvalue weighted by Gasteiger charge is 2.48. The molecule has 0 saturated carbocycles. The SMILES string of the molecule is CC(C)[Si](C(C)C)(C(C)C)n1cc(C2(O)C=CN(Cc3ccccc3)C=C2)c(-c2ccncc2)c1-c1ccc(F)cc1. The Morgan fingerprint density at radius 2 is 1.36 bits per heavy atom. The molecule has 42 heavy (non-hydrogen) atoms. The molecule has 0 unspecified atom stereocenters. The fourth-order valence-electron chi connectivity index (χ4n) is 7.25. The first-order chi connectivity index (χ1) is 20.1. The van der Waals surface area contributed by atoms with E-state index >= 15 is 0 Å². The molecule has 5 rings (SSSR count). The van der Waals surface area contributed by atoms with Gasteiger partial charge in [0.1, 0.15) is 11.4 Å². The van der Waals surface area contributed by atoms with E-state index in [9.17, 15) is 9.50 Å². The van der Waals surface area contributed by atoms with Crippen molar-refractivity contribution < 1.29 is 9.50 Å². The number of hydrogen-bond acceptors (Lipinski definition) is 3. The minimum Gasteiger partial charge on any atom is -0.377 e. The van der Waals surface area contributed by atoms with Crippen LogP contribution >= 0.6 is 0 Å². The molecule has 0 spiro atoms. The van der Waals surface area contributed by atoms with Crippen LogP contribution in [-0.4, -0.2) is 27.5 Å². The molecule has 218 valence electrons. The van der Waals surface area contributed by atoms with Crippen LogP contribution in [0.3, 0.4) is 0 Å². The first kappa shape index (κ1) is 29.7. The molecule has 0 saturated heterocycles. The Labute approximate surface area is 251 Å². The molecule has 1 aliphatic heterocycles. The number of nitrogens with zero attached hydrogens (tertiary/aromatic N) is 3. The summed E-state index contributed by atoms with van der Waals surface area (Å²) >= 11 is 0. The summed E-state index contributed by atoms with van der Waals surface area (Å²) in [6.45, 7) is 14.7. The number of aromatic nitrogens is 2. The molecule has 0 radical (unpaired) electrons. The molecule has 0 fully saturated rings. The van der Waals surface area contributed by atoms with Crippen LogP contribution in [0.25, 0.3) is 22.4 Å². The minimum atomic E-state index is -2.31. The third kappa shape index (κ3) is 5.30. The van der Waals surface area contributed by atoms with Gasteiger partial charge in [0.15, 0.2) is 8.24 Å². The second-order valence-corrected chi connectivity index (χ2v) is 18.1. The molecule has 0 aliphatic carbocycles. The largest absolute Gasteiger partial charge is 0.377 e. The minimum absolute atomic E-state index is 0.266. The molecular weight excluding hydrogens is 538 g/mol. The zero-order valence-electron chi connectivity index (χ0n) is 25.5. The van der Waals surface area contributed by atoms with Crippen LogP contribution in [0.15, 0.2) is 110 Å². The van der Waals surface area contributed by atoms with E-state index in [0.717, 1.165) is 27.9 Å². The third-order valence-corrected chi connectivity index (χ3v) is 15.7. The lowest BCUT2D eigenvalue weighted by molar-refractivity contribution is 0.136. The Hall–Kier alpha value is -3.74. The Kier molecular flexibility index (Phi) is 8.40. The van der Waals surface area contributed by atoms with Crippen molar-refractivity contribution >= 4 is 8.24 Å². The van der Waals surface area contributed by atoms with E-state index < -0.39 is 13.8 Å². The zero-order chi connectivity index (χ0) is 30.1. The summed E-state index contributed by atoms with van der Waals surface area (Å²) in [7, 11) is -2.31. The monoisotopic (exact) mass is 579 g/mol. The van der Waals surface area contributed by atoms with Gasteiger partial charge >= 0.3 is 0 Å². The fourth-order valence-corrected chi connectivity index (χ4v) is 13.9. The maximum atomic E-state index is 14.2. The normalized spacial score (nSPS) is 14.9. The van der Waals surface area contributed by atoms with E-state index in [1.54, 1.807) is 12.4 Å². The Bertz CT molecular complexity index is 1520. The van der Waals surface area contributed by atoms with Gasteiger partial charge in [-0.15, -0.1) is 0 Å². The van der Waals surface area contributed by atoms with Crippen LogP contribution in [0, 0.1) is 5.82 Å². The lowest BCUT2D eigenvalue weighted by Crippen LogP contribution is -2.52. The van der Waals surface area contributed by atoms with Gasteiger partial charge in [0.2, 0.25) is 0 Å². The molecule has 1 aliphatic rings. The maximum Gasteiger partial charge on any atom is 0.169 e. The van der Waals surface area contributed by atoms with Crippen molar-refractivity contribution in [3.05, 3.63) is 127 Å². The lowest BCUT2D eigenvalue weighted by Gasteiger charge is -2.45. The molecule has 3 heterocycles. The Morgan fingerprint density at radius 3 is 1.90 bits per heavy atom. The summed E-state index contributed by atoms with van der Waals surface area (Å²) < 4.78 is 16.8. The standard InChI is InChI=1S/C36H42FN3OSi/c1-26(2)42(27(3)4,28(5)6)40-25-33(36(41)18-22-39(23-19-36)24-29-10-8-7-9-11-29)34(30-16-20-38-21-17-30)35(40)31-12-14-32(37)15-13-31/h7-23,25-28,41H,24H2,1-6H3. The average molecular weight is 580 g/mol. The lowest BCUT2D eigenvalue weighted by atomic mass is 9.87. The number of benzene rings is 2. The van der Waals surface area contributed by atoms with Crippen molar-refractivity contribution in [2.45, 2.75) is 70.3 Å². The van der Waals surface area contributed by atoms with Crippen LogP contribution in [0.2, 0.25) is 16.6 Å². The van der Waals surface area contributed by atoms with Gasteiger partial charge in [0.25, 0.3) is 0 Å². The second kappa shape index (κ2) is 11.9. The molecule has 1 N–H and O–H groups in total. The van der Waals surface area contributed by atoms with Gasteiger partial charge in [0, 0.05) is 54.4 Å². The maximum absolute atomic E-state index is 14.2. The van der Waals surface area contributed by atoms with Crippen molar-refractivity contribution in [1.29, 1.82) is 0 Å². The van der Waals surface area contributed by atoms with Crippen LogP contribution in [-0.2, 0) is 12.1 Å². The van der Waals surface area contributed by atoms with E-state index in [1.807, 2.05) is 67.0 Å². The van der Waals surface area contributed by atoms with Crippen LogP contribution in [0.1, 0.15) is 52.7 Å². The highest BCUT2D eigenvalue weighted by Crippen LogP contribution is 2.50. The Morgan fingerprint density at radius 1 is 0.786 bits per heavy atom. The van der Waals surface area contributed by atoms with Crippen molar-refractivity contribution in [2.24, 2.45) is 0 Å². The smallest absolute Gasteiger partial charge is 0.169 e. The molecule has 6 heteroatoms. The van der Waals surface area contributed by atoms with Gasteiger partial charge in [-0.2, -0.15) is 0 Å². The van der Waals surface area contributed by atoms with Gasteiger partial charge in [0.05, 0.1) is 0 Å². The molecule has 0 atom stereocenters. The van der Waals surface area contributed by atoms with Gasteiger partial charge < -0.3 is 14.2 Å². The number of hydrogen-bond donors (Lipinski definition) is 1.